The molecule has 1 atom stereocenters. The predicted molar refractivity (Wildman–Crippen MR) is 110 cm³/mol. The molecule has 0 aliphatic rings. The highest BCUT2D eigenvalue weighted by molar-refractivity contribution is 5.95. The number of hydrogen-bond donors (Lipinski definition) is 2. The summed E-state index contributed by atoms with van der Waals surface area (Å²) in [7, 11) is 1.60. The van der Waals surface area contributed by atoms with Crippen molar-refractivity contribution >= 4 is 17.8 Å². The molecule has 2 heterocycles. The van der Waals surface area contributed by atoms with E-state index >= 15 is 0 Å². The first kappa shape index (κ1) is 21.4. The van der Waals surface area contributed by atoms with Crippen LogP contribution in [0.4, 0.5) is 8.78 Å². The van der Waals surface area contributed by atoms with Gasteiger partial charge in [0.05, 0.1) is 17.3 Å². The number of hydrogen-bond acceptors (Lipinski definition) is 5. The summed E-state index contributed by atoms with van der Waals surface area (Å²) in [4.78, 5) is 21.0. The number of amides is 1. The molecule has 0 aliphatic carbocycles. The first-order chi connectivity index (χ1) is 14.3. The largest absolute Gasteiger partial charge is 0.485 e. The third-order valence-electron chi connectivity index (χ3n) is 4.48. The summed E-state index contributed by atoms with van der Waals surface area (Å²) in [6.45, 7) is 3.42. The van der Waals surface area contributed by atoms with Crippen LogP contribution in [0, 0.1) is 25.5 Å². The van der Waals surface area contributed by atoms with Gasteiger partial charge in [-0.3, -0.25) is 14.2 Å². The number of pyridine rings is 1. The van der Waals surface area contributed by atoms with E-state index in [-0.39, 0.29) is 24.6 Å². The minimum Gasteiger partial charge on any atom is -0.485 e. The second kappa shape index (κ2) is 9.00. The Balaban J connectivity index is 1.91. The quantitative estimate of drug-likeness (QED) is 0.580. The maximum Gasteiger partial charge on any atom is 0.270 e. The molecule has 7 nitrogen and oxygen atoms in total. The smallest absolute Gasteiger partial charge is 0.270 e. The minimum atomic E-state index is -0.690. The van der Waals surface area contributed by atoms with Crippen LogP contribution in [0.5, 0.6) is 5.75 Å². The molecular formula is C21H23F2N5O2. The molecule has 3 rings (SSSR count). The van der Waals surface area contributed by atoms with Crippen molar-refractivity contribution in [2.24, 2.45) is 10.7 Å². The summed E-state index contributed by atoms with van der Waals surface area (Å²) in [6, 6.07) is 4.93. The average Bonchev–Trinajstić information content (AvgIpc) is 3.01. The Labute approximate surface area is 172 Å². The third kappa shape index (κ3) is 4.46. The van der Waals surface area contributed by atoms with Crippen molar-refractivity contribution in [3.05, 3.63) is 64.6 Å². The maximum atomic E-state index is 13.9. The number of halogens is 2. The Kier molecular flexibility index (Phi) is 6.41. The van der Waals surface area contributed by atoms with Gasteiger partial charge in [-0.2, -0.15) is 0 Å². The standard InChI is InChI=1S/C21H23F2N5O2/c1-12-7-18(30-11-15-16(22)5-4-6-17(15)23)20-27-13(2)19(28(20)10-12)21(29)26-9-14(24)8-25-3/h4-8,10,14H,9,11,24H2,1-3H3,(H,26,29). The molecule has 0 bridgehead atoms. The normalized spacial score (nSPS) is 12.5. The number of nitrogens with zero attached hydrogens (tertiary/aromatic N) is 3. The number of fused-ring (bicyclic) bond motifs is 1. The molecule has 3 N–H and O–H groups in total. The molecule has 0 saturated heterocycles. The number of carbonyl (C=O) groups excluding carboxylic acids is 1. The Morgan fingerprint density at radius 1 is 1.37 bits per heavy atom. The second-order valence-electron chi connectivity index (χ2n) is 6.89. The lowest BCUT2D eigenvalue weighted by Gasteiger charge is -2.12. The van der Waals surface area contributed by atoms with Gasteiger partial charge in [-0.15, -0.1) is 0 Å². The molecule has 0 saturated carbocycles. The number of aliphatic imine (C=N–C) groups is 1. The lowest BCUT2D eigenvalue weighted by atomic mass is 10.2. The number of ether oxygens (including phenoxy) is 1. The zero-order valence-electron chi connectivity index (χ0n) is 16.9. The van der Waals surface area contributed by atoms with E-state index in [2.05, 4.69) is 15.3 Å². The van der Waals surface area contributed by atoms with Crippen LogP contribution in [0.2, 0.25) is 0 Å². The van der Waals surface area contributed by atoms with Crippen molar-refractivity contribution < 1.29 is 18.3 Å². The van der Waals surface area contributed by atoms with E-state index in [0.29, 0.717) is 22.8 Å². The van der Waals surface area contributed by atoms with Crippen LogP contribution >= 0.6 is 0 Å². The molecule has 158 valence electrons. The van der Waals surface area contributed by atoms with E-state index in [0.717, 1.165) is 5.56 Å². The van der Waals surface area contributed by atoms with E-state index in [1.54, 1.807) is 36.8 Å². The Hall–Kier alpha value is -3.33. The van der Waals surface area contributed by atoms with Gasteiger partial charge in [0.15, 0.2) is 11.4 Å². The van der Waals surface area contributed by atoms with Crippen LogP contribution in [0.1, 0.15) is 27.3 Å². The number of nitrogens with one attached hydrogen (secondary N) is 1. The van der Waals surface area contributed by atoms with Gasteiger partial charge in [0.25, 0.3) is 5.91 Å². The highest BCUT2D eigenvalue weighted by Crippen LogP contribution is 2.26. The summed E-state index contributed by atoms with van der Waals surface area (Å²) in [5, 5.41) is 2.76. The van der Waals surface area contributed by atoms with E-state index in [1.807, 2.05) is 6.92 Å². The van der Waals surface area contributed by atoms with Crippen LogP contribution < -0.4 is 15.8 Å². The van der Waals surface area contributed by atoms with E-state index in [9.17, 15) is 13.6 Å². The number of rotatable bonds is 7. The van der Waals surface area contributed by atoms with Crippen molar-refractivity contribution in [2.75, 3.05) is 13.6 Å². The van der Waals surface area contributed by atoms with Gasteiger partial charge in [0, 0.05) is 26.0 Å². The van der Waals surface area contributed by atoms with E-state index < -0.39 is 17.7 Å². The summed E-state index contributed by atoms with van der Waals surface area (Å²) < 4.78 is 35.1. The number of nitrogens with two attached hydrogens (primary N) is 1. The predicted octanol–water partition coefficient (Wildman–Crippen LogP) is 2.57. The SMILES string of the molecule is CN=CC(N)CNC(=O)c1c(C)nc2c(OCc3c(F)cccc3F)cc(C)cn12. The van der Waals surface area contributed by atoms with E-state index in [1.165, 1.54) is 18.2 Å². The topological polar surface area (TPSA) is 94.0 Å². The fourth-order valence-corrected chi connectivity index (χ4v) is 3.10. The zero-order valence-corrected chi connectivity index (χ0v) is 16.9. The van der Waals surface area contributed by atoms with Gasteiger partial charge in [0.2, 0.25) is 0 Å². The minimum absolute atomic E-state index is 0.176. The number of aromatic nitrogens is 2. The number of benzene rings is 1. The van der Waals surface area contributed by atoms with Gasteiger partial charge in [0.1, 0.15) is 23.9 Å². The molecule has 0 radical (unpaired) electrons. The van der Waals surface area contributed by atoms with Gasteiger partial charge in [-0.05, 0) is 37.6 Å². The number of aryl methyl sites for hydroxylation is 2. The monoisotopic (exact) mass is 415 g/mol. The molecule has 2 aromatic heterocycles. The van der Waals surface area contributed by atoms with Gasteiger partial charge >= 0.3 is 0 Å². The summed E-state index contributed by atoms with van der Waals surface area (Å²) in [5.41, 5.74) is 7.63. The van der Waals surface area contributed by atoms with Crippen LogP contribution in [0.15, 0.2) is 35.5 Å². The van der Waals surface area contributed by atoms with Crippen molar-refractivity contribution in [1.82, 2.24) is 14.7 Å². The molecule has 1 aromatic carbocycles. The summed E-state index contributed by atoms with van der Waals surface area (Å²) in [5.74, 6) is -1.42. The first-order valence-electron chi connectivity index (χ1n) is 9.32. The maximum absolute atomic E-state index is 13.9. The fraction of sp³-hybridized carbons (Fsp3) is 0.286. The zero-order chi connectivity index (χ0) is 21.8. The first-order valence-corrected chi connectivity index (χ1v) is 9.32. The number of carbonyl (C=O) groups is 1. The van der Waals surface area contributed by atoms with Crippen LogP contribution in [0.25, 0.3) is 5.65 Å². The average molecular weight is 415 g/mol. The fourth-order valence-electron chi connectivity index (χ4n) is 3.10. The third-order valence-corrected chi connectivity index (χ3v) is 4.48. The summed E-state index contributed by atoms with van der Waals surface area (Å²) in [6.07, 6.45) is 3.29. The lowest BCUT2D eigenvalue weighted by molar-refractivity contribution is 0.0947. The van der Waals surface area contributed by atoms with Crippen molar-refractivity contribution in [3.8, 4) is 5.75 Å². The molecule has 1 unspecified atom stereocenters. The highest BCUT2D eigenvalue weighted by Gasteiger charge is 2.20. The van der Waals surface area contributed by atoms with Crippen LogP contribution in [0.3, 0.4) is 0 Å². The van der Waals surface area contributed by atoms with Crippen LogP contribution in [-0.2, 0) is 6.61 Å². The molecule has 0 fully saturated rings. The molecule has 0 spiro atoms. The second-order valence-corrected chi connectivity index (χ2v) is 6.89. The Morgan fingerprint density at radius 3 is 2.73 bits per heavy atom. The molecule has 0 aliphatic heterocycles. The molecule has 9 heteroatoms. The number of imidazole rings is 1. The molecule has 3 aromatic rings. The van der Waals surface area contributed by atoms with Crippen molar-refractivity contribution in [3.63, 3.8) is 0 Å². The molecular weight excluding hydrogens is 392 g/mol. The van der Waals surface area contributed by atoms with Crippen molar-refractivity contribution in [1.29, 1.82) is 0 Å². The van der Waals surface area contributed by atoms with E-state index in [4.69, 9.17) is 10.5 Å². The Bertz CT molecular complexity index is 1090. The molecule has 1 amide bonds. The Morgan fingerprint density at radius 2 is 2.07 bits per heavy atom. The van der Waals surface area contributed by atoms with Gasteiger partial charge in [-0.25, -0.2) is 13.8 Å². The molecule has 30 heavy (non-hydrogen) atoms. The van der Waals surface area contributed by atoms with Gasteiger partial charge in [-0.1, -0.05) is 6.07 Å². The van der Waals surface area contributed by atoms with Crippen LogP contribution in [-0.4, -0.2) is 41.1 Å². The lowest BCUT2D eigenvalue weighted by Crippen LogP contribution is -2.38. The van der Waals surface area contributed by atoms with Crippen molar-refractivity contribution in [2.45, 2.75) is 26.5 Å². The highest BCUT2D eigenvalue weighted by atomic mass is 19.1. The van der Waals surface area contributed by atoms with Gasteiger partial charge < -0.3 is 15.8 Å². The summed E-state index contributed by atoms with van der Waals surface area (Å²) >= 11 is 0.